The fraction of sp³-hybridized carbons (Fsp3) is 0.222. The fourth-order valence-corrected chi connectivity index (χ4v) is 1.18. The summed E-state index contributed by atoms with van der Waals surface area (Å²) < 4.78 is 25.1. The molecule has 0 amide bonds. The van der Waals surface area contributed by atoms with E-state index in [9.17, 15) is 13.6 Å². The molecule has 0 aliphatic rings. The van der Waals surface area contributed by atoms with Crippen LogP contribution in [0.5, 0.6) is 0 Å². The van der Waals surface area contributed by atoms with Gasteiger partial charge >= 0.3 is 5.97 Å². The first-order valence-corrected chi connectivity index (χ1v) is 4.15. The van der Waals surface area contributed by atoms with E-state index in [4.69, 9.17) is 16.1 Å². The van der Waals surface area contributed by atoms with Crippen molar-refractivity contribution in [2.45, 2.75) is 12.8 Å². The zero-order valence-electron chi connectivity index (χ0n) is 7.94. The van der Waals surface area contributed by atoms with Crippen LogP contribution in [0.3, 0.4) is 0 Å². The highest BCUT2D eigenvalue weighted by atomic mass is 19.3. The molecule has 0 aromatic carbocycles. The van der Waals surface area contributed by atoms with Crippen molar-refractivity contribution in [3.8, 4) is 6.07 Å². The third kappa shape index (κ3) is 2.42. The van der Waals surface area contributed by atoms with Crippen LogP contribution in [0.15, 0.2) is 6.07 Å². The van der Waals surface area contributed by atoms with Gasteiger partial charge in [-0.3, -0.25) is 4.79 Å². The number of carboxylic acid groups (broad SMARTS) is 1. The summed E-state index contributed by atoms with van der Waals surface area (Å²) in [6, 6.07) is 2.39. The summed E-state index contributed by atoms with van der Waals surface area (Å²) in [6.07, 6.45) is -3.41. The number of nitrogens with zero attached hydrogens (tertiary/aromatic N) is 2. The largest absolute Gasteiger partial charge is 0.481 e. The smallest absolute Gasteiger partial charge is 0.309 e. The second-order valence-corrected chi connectivity index (χ2v) is 2.95. The Kier molecular flexibility index (Phi) is 3.35. The SMILES string of the molecule is N#Cc1c(C(F)F)cc(CC(=O)O)nc1N. The number of pyridine rings is 1. The standard InChI is InChI=1S/C9H7F2N3O2/c10-8(11)5-1-4(2-7(15)16)14-9(13)6(5)3-12/h1,8H,2H2,(H2,13,14)(H,15,16). The normalized spacial score (nSPS) is 10.1. The summed E-state index contributed by atoms with van der Waals surface area (Å²) in [7, 11) is 0. The van der Waals surface area contributed by atoms with Gasteiger partial charge in [0.1, 0.15) is 17.5 Å². The first kappa shape index (κ1) is 11.8. The molecule has 0 radical (unpaired) electrons. The lowest BCUT2D eigenvalue weighted by Gasteiger charge is -2.07. The summed E-state index contributed by atoms with van der Waals surface area (Å²) in [4.78, 5) is 14.0. The summed E-state index contributed by atoms with van der Waals surface area (Å²) in [6.45, 7) is 0. The molecule has 0 spiro atoms. The topological polar surface area (TPSA) is 100 Å². The number of rotatable bonds is 3. The monoisotopic (exact) mass is 227 g/mol. The molecule has 1 aromatic rings. The van der Waals surface area contributed by atoms with Crippen LogP contribution in [-0.2, 0) is 11.2 Å². The van der Waals surface area contributed by atoms with Crippen LogP contribution < -0.4 is 5.73 Å². The minimum absolute atomic E-state index is 0.0979. The molecule has 1 aromatic heterocycles. The molecular weight excluding hydrogens is 220 g/mol. The number of nitriles is 1. The number of anilines is 1. The fourth-order valence-electron chi connectivity index (χ4n) is 1.18. The van der Waals surface area contributed by atoms with Crippen molar-refractivity contribution < 1.29 is 18.7 Å². The molecule has 0 saturated heterocycles. The Morgan fingerprint density at radius 1 is 1.69 bits per heavy atom. The number of carbonyl (C=O) groups is 1. The van der Waals surface area contributed by atoms with E-state index in [2.05, 4.69) is 4.98 Å². The molecule has 0 aliphatic carbocycles. The molecular formula is C9H7F2N3O2. The van der Waals surface area contributed by atoms with Crippen LogP contribution in [0, 0.1) is 11.3 Å². The molecule has 1 rings (SSSR count). The predicted octanol–water partition coefficient (Wildman–Crippen LogP) is 1.10. The Balaban J connectivity index is 3.29. The number of alkyl halides is 2. The number of aromatic nitrogens is 1. The van der Waals surface area contributed by atoms with E-state index < -0.39 is 29.9 Å². The molecule has 3 N–H and O–H groups in total. The van der Waals surface area contributed by atoms with E-state index in [0.717, 1.165) is 6.07 Å². The van der Waals surface area contributed by atoms with Gasteiger partial charge in [-0.2, -0.15) is 5.26 Å². The molecule has 7 heteroatoms. The maximum atomic E-state index is 12.5. The molecule has 0 unspecified atom stereocenters. The molecule has 5 nitrogen and oxygen atoms in total. The Labute approximate surface area is 89.1 Å². The van der Waals surface area contributed by atoms with Crippen LogP contribution in [-0.4, -0.2) is 16.1 Å². The lowest BCUT2D eigenvalue weighted by atomic mass is 10.1. The van der Waals surface area contributed by atoms with E-state index in [1.54, 1.807) is 0 Å². The molecule has 1 heterocycles. The van der Waals surface area contributed by atoms with Crippen LogP contribution in [0.4, 0.5) is 14.6 Å². The zero-order valence-corrected chi connectivity index (χ0v) is 7.94. The zero-order chi connectivity index (χ0) is 12.3. The minimum Gasteiger partial charge on any atom is -0.481 e. The maximum absolute atomic E-state index is 12.5. The molecule has 0 bridgehead atoms. The van der Waals surface area contributed by atoms with Crippen molar-refractivity contribution in [2.24, 2.45) is 0 Å². The van der Waals surface area contributed by atoms with Gasteiger partial charge in [0.2, 0.25) is 0 Å². The average Bonchev–Trinajstić information content (AvgIpc) is 2.15. The number of halogens is 2. The van der Waals surface area contributed by atoms with Gasteiger partial charge < -0.3 is 10.8 Å². The van der Waals surface area contributed by atoms with E-state index >= 15 is 0 Å². The molecule has 0 saturated carbocycles. The van der Waals surface area contributed by atoms with Gasteiger partial charge in [0.05, 0.1) is 12.1 Å². The van der Waals surface area contributed by atoms with Crippen molar-refractivity contribution in [1.29, 1.82) is 5.26 Å². The average molecular weight is 227 g/mol. The summed E-state index contributed by atoms with van der Waals surface area (Å²) in [5.74, 6) is -1.59. The molecule has 0 fully saturated rings. The van der Waals surface area contributed by atoms with Crippen molar-refractivity contribution in [3.05, 3.63) is 22.9 Å². The number of hydrogen-bond acceptors (Lipinski definition) is 4. The van der Waals surface area contributed by atoms with E-state index in [0.29, 0.717) is 0 Å². The van der Waals surface area contributed by atoms with Crippen LogP contribution in [0.1, 0.15) is 23.2 Å². The third-order valence-corrected chi connectivity index (χ3v) is 1.81. The Hall–Kier alpha value is -2.23. The number of aliphatic carboxylic acids is 1. The van der Waals surface area contributed by atoms with Crippen molar-refractivity contribution in [3.63, 3.8) is 0 Å². The van der Waals surface area contributed by atoms with Gasteiger partial charge in [0.15, 0.2) is 0 Å². The lowest BCUT2D eigenvalue weighted by Crippen LogP contribution is -2.08. The predicted molar refractivity (Wildman–Crippen MR) is 49.7 cm³/mol. The van der Waals surface area contributed by atoms with Gasteiger partial charge in [-0.25, -0.2) is 13.8 Å². The second kappa shape index (κ2) is 4.53. The Bertz CT molecular complexity index is 469. The third-order valence-electron chi connectivity index (χ3n) is 1.81. The van der Waals surface area contributed by atoms with Gasteiger partial charge in [-0.05, 0) is 6.07 Å². The maximum Gasteiger partial charge on any atom is 0.309 e. The Morgan fingerprint density at radius 3 is 2.75 bits per heavy atom. The molecule has 0 atom stereocenters. The van der Waals surface area contributed by atoms with E-state index in [1.807, 2.05) is 0 Å². The van der Waals surface area contributed by atoms with Gasteiger partial charge in [0, 0.05) is 5.56 Å². The number of nitrogens with two attached hydrogens (primary N) is 1. The van der Waals surface area contributed by atoms with Crippen LogP contribution in [0.2, 0.25) is 0 Å². The summed E-state index contributed by atoms with van der Waals surface area (Å²) >= 11 is 0. The number of nitrogen functional groups attached to an aromatic ring is 1. The van der Waals surface area contributed by atoms with Crippen LogP contribution >= 0.6 is 0 Å². The highest BCUT2D eigenvalue weighted by Crippen LogP contribution is 2.26. The molecule has 0 aliphatic heterocycles. The quantitative estimate of drug-likeness (QED) is 0.805. The first-order valence-electron chi connectivity index (χ1n) is 4.15. The Morgan fingerprint density at radius 2 is 2.31 bits per heavy atom. The minimum atomic E-state index is -2.90. The van der Waals surface area contributed by atoms with Gasteiger partial charge in [-0.1, -0.05) is 0 Å². The van der Waals surface area contributed by atoms with E-state index in [1.165, 1.54) is 6.07 Å². The highest BCUT2D eigenvalue weighted by Gasteiger charge is 2.18. The number of carboxylic acids is 1. The number of hydrogen-bond donors (Lipinski definition) is 2. The first-order chi connectivity index (χ1) is 7.45. The van der Waals surface area contributed by atoms with Crippen LogP contribution in [0.25, 0.3) is 0 Å². The van der Waals surface area contributed by atoms with Crippen molar-refractivity contribution >= 4 is 11.8 Å². The second-order valence-electron chi connectivity index (χ2n) is 2.95. The van der Waals surface area contributed by atoms with E-state index in [-0.39, 0.29) is 11.5 Å². The summed E-state index contributed by atoms with van der Waals surface area (Å²) in [5.41, 5.74) is 4.18. The van der Waals surface area contributed by atoms with Gasteiger partial charge in [0.25, 0.3) is 6.43 Å². The molecule has 16 heavy (non-hydrogen) atoms. The van der Waals surface area contributed by atoms with Crippen molar-refractivity contribution in [1.82, 2.24) is 4.98 Å². The van der Waals surface area contributed by atoms with Gasteiger partial charge in [-0.15, -0.1) is 0 Å². The summed E-state index contributed by atoms with van der Waals surface area (Å²) in [5, 5.41) is 17.1. The highest BCUT2D eigenvalue weighted by molar-refractivity contribution is 5.70. The lowest BCUT2D eigenvalue weighted by molar-refractivity contribution is -0.136. The molecule has 84 valence electrons. The van der Waals surface area contributed by atoms with Crippen molar-refractivity contribution in [2.75, 3.05) is 5.73 Å².